The molecule has 1 fully saturated rings. The molecule has 0 bridgehead atoms. The monoisotopic (exact) mass is 449 g/mol. The Morgan fingerprint density at radius 3 is 2.27 bits per heavy atom. The van der Waals surface area contributed by atoms with Gasteiger partial charge < -0.3 is 15.0 Å². The van der Waals surface area contributed by atoms with Crippen molar-refractivity contribution in [1.29, 1.82) is 0 Å². The summed E-state index contributed by atoms with van der Waals surface area (Å²) in [7, 11) is 0. The summed E-state index contributed by atoms with van der Waals surface area (Å²) in [6, 6.07) is 12.0. The lowest BCUT2D eigenvalue weighted by Crippen LogP contribution is -2.54. The van der Waals surface area contributed by atoms with Crippen LogP contribution < -0.4 is 10.1 Å². The smallest absolute Gasteiger partial charge is 0.254 e. The van der Waals surface area contributed by atoms with E-state index in [2.05, 4.69) is 15.3 Å². The van der Waals surface area contributed by atoms with Gasteiger partial charge in [-0.2, -0.15) is 0 Å². The summed E-state index contributed by atoms with van der Waals surface area (Å²) >= 11 is 0. The highest BCUT2D eigenvalue weighted by Gasteiger charge is 2.28. The Morgan fingerprint density at radius 2 is 1.64 bits per heavy atom. The van der Waals surface area contributed by atoms with Crippen LogP contribution >= 0.6 is 0 Å². The fourth-order valence-corrected chi connectivity index (χ4v) is 3.54. The van der Waals surface area contributed by atoms with Gasteiger partial charge in [0.25, 0.3) is 5.91 Å². The first-order valence-electron chi connectivity index (χ1n) is 10.6. The molecule has 1 atom stereocenters. The lowest BCUT2D eigenvalue weighted by atomic mass is 10.2. The van der Waals surface area contributed by atoms with Crippen molar-refractivity contribution in [2.75, 3.05) is 31.5 Å². The Bertz CT molecular complexity index is 1090. The second kappa shape index (κ2) is 10.2. The maximum absolute atomic E-state index is 13.0. The van der Waals surface area contributed by atoms with Crippen LogP contribution in [0.1, 0.15) is 17.3 Å². The topological polar surface area (TPSA) is 87.7 Å². The SMILES string of the molecule is C[C@H](C(=O)Nc1ccc(Oc2ccc(F)cc2)cn1)N1CCN(C(=O)c2ccncc2)CC1. The largest absolute Gasteiger partial charge is 0.456 e. The van der Waals surface area contributed by atoms with Crippen LogP contribution in [-0.4, -0.2) is 63.8 Å². The fourth-order valence-electron chi connectivity index (χ4n) is 3.54. The number of nitrogens with zero attached hydrogens (tertiary/aromatic N) is 4. The van der Waals surface area contributed by atoms with Crippen LogP contribution in [0.4, 0.5) is 10.2 Å². The molecule has 0 spiro atoms. The molecule has 1 N–H and O–H groups in total. The molecule has 1 saturated heterocycles. The summed E-state index contributed by atoms with van der Waals surface area (Å²) in [4.78, 5) is 37.3. The average molecular weight is 449 g/mol. The van der Waals surface area contributed by atoms with Gasteiger partial charge in [0.1, 0.15) is 23.1 Å². The molecule has 1 aliphatic heterocycles. The number of rotatable bonds is 6. The Hall–Kier alpha value is -3.85. The number of ether oxygens (including phenoxy) is 1. The van der Waals surface area contributed by atoms with Crippen molar-refractivity contribution in [3.05, 3.63) is 78.5 Å². The Kier molecular flexibility index (Phi) is 6.89. The molecule has 0 aliphatic carbocycles. The van der Waals surface area contributed by atoms with Crippen LogP contribution in [0.2, 0.25) is 0 Å². The number of amides is 2. The van der Waals surface area contributed by atoms with Gasteiger partial charge in [0, 0.05) is 44.1 Å². The molecule has 2 amide bonds. The molecule has 0 unspecified atom stereocenters. The standard InChI is InChI=1S/C24H24FN5O3/c1-17(29-12-14-30(15-13-29)24(32)18-8-10-26-11-9-18)23(31)28-22-7-6-21(16-27-22)33-20-4-2-19(25)3-5-20/h2-11,16-17H,12-15H2,1H3,(H,27,28,31)/t17-/m1/s1. The predicted molar refractivity (Wildman–Crippen MR) is 121 cm³/mol. The molecule has 0 saturated carbocycles. The van der Waals surface area contributed by atoms with Crippen molar-refractivity contribution in [3.8, 4) is 11.5 Å². The van der Waals surface area contributed by atoms with E-state index in [1.54, 1.807) is 41.6 Å². The van der Waals surface area contributed by atoms with Crippen LogP contribution in [0.15, 0.2) is 67.1 Å². The van der Waals surface area contributed by atoms with E-state index in [4.69, 9.17) is 4.74 Å². The van der Waals surface area contributed by atoms with E-state index >= 15 is 0 Å². The van der Waals surface area contributed by atoms with Gasteiger partial charge in [0.2, 0.25) is 5.91 Å². The summed E-state index contributed by atoms with van der Waals surface area (Å²) in [6.45, 7) is 4.13. The van der Waals surface area contributed by atoms with E-state index in [0.29, 0.717) is 49.1 Å². The summed E-state index contributed by atoms with van der Waals surface area (Å²) in [6.07, 6.45) is 4.70. The van der Waals surface area contributed by atoms with Crippen LogP contribution in [0.5, 0.6) is 11.5 Å². The predicted octanol–water partition coefficient (Wildman–Crippen LogP) is 3.19. The van der Waals surface area contributed by atoms with Crippen molar-refractivity contribution in [1.82, 2.24) is 19.8 Å². The molecular formula is C24H24FN5O3. The number of pyridine rings is 2. The molecule has 170 valence electrons. The summed E-state index contributed by atoms with van der Waals surface area (Å²) in [5.41, 5.74) is 0.613. The third-order valence-corrected chi connectivity index (χ3v) is 5.49. The van der Waals surface area contributed by atoms with E-state index in [1.165, 1.54) is 30.5 Å². The van der Waals surface area contributed by atoms with Crippen molar-refractivity contribution < 1.29 is 18.7 Å². The first kappa shape index (κ1) is 22.3. The second-order valence-electron chi connectivity index (χ2n) is 7.66. The number of carbonyl (C=O) groups excluding carboxylic acids is 2. The van der Waals surface area contributed by atoms with E-state index in [0.717, 1.165) is 0 Å². The van der Waals surface area contributed by atoms with Crippen molar-refractivity contribution >= 4 is 17.6 Å². The van der Waals surface area contributed by atoms with Crippen molar-refractivity contribution in [3.63, 3.8) is 0 Å². The normalized spacial score (nSPS) is 15.0. The molecule has 8 nitrogen and oxygen atoms in total. The van der Waals surface area contributed by atoms with Gasteiger partial charge in [-0.25, -0.2) is 9.37 Å². The van der Waals surface area contributed by atoms with Gasteiger partial charge in [-0.3, -0.25) is 19.5 Å². The van der Waals surface area contributed by atoms with Gasteiger partial charge in [-0.05, 0) is 55.5 Å². The quantitative estimate of drug-likeness (QED) is 0.622. The maximum Gasteiger partial charge on any atom is 0.254 e. The third kappa shape index (κ3) is 5.69. The molecule has 33 heavy (non-hydrogen) atoms. The van der Waals surface area contributed by atoms with Gasteiger partial charge in [-0.15, -0.1) is 0 Å². The van der Waals surface area contributed by atoms with Gasteiger partial charge in [0.05, 0.1) is 12.2 Å². The molecule has 4 rings (SSSR count). The van der Waals surface area contributed by atoms with Crippen LogP contribution in [-0.2, 0) is 4.79 Å². The number of nitrogens with one attached hydrogen (secondary N) is 1. The van der Waals surface area contributed by atoms with Crippen LogP contribution in [0.25, 0.3) is 0 Å². The van der Waals surface area contributed by atoms with Gasteiger partial charge >= 0.3 is 0 Å². The van der Waals surface area contributed by atoms with Gasteiger partial charge in [0.15, 0.2) is 0 Å². The highest BCUT2D eigenvalue weighted by Crippen LogP contribution is 2.22. The molecular weight excluding hydrogens is 425 g/mol. The number of hydrogen-bond acceptors (Lipinski definition) is 6. The van der Waals surface area contributed by atoms with E-state index in [9.17, 15) is 14.0 Å². The lowest BCUT2D eigenvalue weighted by molar-refractivity contribution is -0.121. The molecule has 0 radical (unpaired) electrons. The minimum Gasteiger partial charge on any atom is -0.456 e. The Morgan fingerprint density at radius 1 is 0.970 bits per heavy atom. The number of carbonyl (C=O) groups is 2. The van der Waals surface area contributed by atoms with E-state index in [-0.39, 0.29) is 23.7 Å². The number of aromatic nitrogens is 2. The maximum atomic E-state index is 13.0. The van der Waals surface area contributed by atoms with E-state index < -0.39 is 0 Å². The van der Waals surface area contributed by atoms with E-state index in [1.807, 2.05) is 11.8 Å². The zero-order valence-electron chi connectivity index (χ0n) is 18.1. The number of anilines is 1. The van der Waals surface area contributed by atoms with Crippen LogP contribution in [0, 0.1) is 5.82 Å². The first-order chi connectivity index (χ1) is 16.0. The summed E-state index contributed by atoms with van der Waals surface area (Å²) in [5, 5.41) is 2.81. The first-order valence-corrected chi connectivity index (χ1v) is 10.6. The fraction of sp³-hybridized carbons (Fsp3) is 0.250. The van der Waals surface area contributed by atoms with Crippen LogP contribution in [0.3, 0.4) is 0 Å². The number of halogens is 1. The lowest BCUT2D eigenvalue weighted by Gasteiger charge is -2.37. The Labute approximate surface area is 191 Å². The summed E-state index contributed by atoms with van der Waals surface area (Å²) in [5.74, 6) is 0.830. The number of hydrogen-bond donors (Lipinski definition) is 1. The molecule has 2 aromatic heterocycles. The zero-order chi connectivity index (χ0) is 23.2. The summed E-state index contributed by atoms with van der Waals surface area (Å²) < 4.78 is 18.6. The average Bonchev–Trinajstić information content (AvgIpc) is 2.86. The minimum absolute atomic E-state index is 0.0266. The third-order valence-electron chi connectivity index (χ3n) is 5.49. The zero-order valence-corrected chi connectivity index (χ0v) is 18.1. The molecule has 1 aliphatic rings. The Balaban J connectivity index is 1.27. The molecule has 3 aromatic rings. The minimum atomic E-state index is -0.375. The molecule has 9 heteroatoms. The molecule has 3 heterocycles. The van der Waals surface area contributed by atoms with Gasteiger partial charge in [-0.1, -0.05) is 0 Å². The second-order valence-corrected chi connectivity index (χ2v) is 7.66. The molecule has 1 aromatic carbocycles. The number of piperazine rings is 1. The highest BCUT2D eigenvalue weighted by atomic mass is 19.1. The van der Waals surface area contributed by atoms with Crippen molar-refractivity contribution in [2.45, 2.75) is 13.0 Å². The number of benzene rings is 1. The highest BCUT2D eigenvalue weighted by molar-refractivity contribution is 5.95. The van der Waals surface area contributed by atoms with Crippen molar-refractivity contribution in [2.24, 2.45) is 0 Å².